The van der Waals surface area contributed by atoms with E-state index in [1.54, 1.807) is 6.08 Å². The average Bonchev–Trinajstić information content (AvgIpc) is 2.31. The van der Waals surface area contributed by atoms with Crippen molar-refractivity contribution in [2.75, 3.05) is 6.61 Å². The molecule has 0 heterocycles. The zero-order chi connectivity index (χ0) is 12.7. The van der Waals surface area contributed by atoms with Crippen LogP contribution in [-0.4, -0.2) is 12.6 Å². The molecule has 1 atom stereocenters. The zero-order valence-electron chi connectivity index (χ0n) is 9.99. The molecule has 1 rings (SSSR count). The molecule has 92 valence electrons. The van der Waals surface area contributed by atoms with E-state index in [9.17, 15) is 4.79 Å². The first kappa shape index (κ1) is 13.8. The van der Waals surface area contributed by atoms with Crippen molar-refractivity contribution >= 4 is 17.6 Å². The van der Waals surface area contributed by atoms with Gasteiger partial charge in [0.1, 0.15) is 0 Å². The molecule has 17 heavy (non-hydrogen) atoms. The zero-order valence-corrected chi connectivity index (χ0v) is 10.7. The van der Waals surface area contributed by atoms with Gasteiger partial charge < -0.3 is 4.74 Å². The molecule has 3 heteroatoms. The van der Waals surface area contributed by atoms with Gasteiger partial charge in [0, 0.05) is 5.02 Å². The average molecular weight is 253 g/mol. The lowest BCUT2D eigenvalue weighted by atomic mass is 9.96. The lowest BCUT2D eigenvalue weighted by Crippen LogP contribution is -2.19. The summed E-state index contributed by atoms with van der Waals surface area (Å²) >= 11 is 5.81. The standard InChI is InChI=1S/C14H17ClO2/c1-3-5-12(14(16)17-4-2)10-11-6-8-13(15)9-7-11/h3,6-9,12H,1,4-5,10H2,2H3. The van der Waals surface area contributed by atoms with E-state index in [2.05, 4.69) is 6.58 Å². The Hall–Kier alpha value is -1.28. The highest BCUT2D eigenvalue weighted by Gasteiger charge is 2.18. The number of hydrogen-bond donors (Lipinski definition) is 0. The Morgan fingerprint density at radius 3 is 2.65 bits per heavy atom. The maximum atomic E-state index is 11.7. The predicted molar refractivity (Wildman–Crippen MR) is 70.1 cm³/mol. The van der Waals surface area contributed by atoms with Crippen LogP contribution in [0.5, 0.6) is 0 Å². The summed E-state index contributed by atoms with van der Waals surface area (Å²) in [6, 6.07) is 7.51. The Bertz CT molecular complexity index is 370. The number of esters is 1. The molecule has 0 saturated heterocycles. The van der Waals surface area contributed by atoms with Crippen molar-refractivity contribution in [1.29, 1.82) is 0 Å². The van der Waals surface area contributed by atoms with Crippen LogP contribution < -0.4 is 0 Å². The number of rotatable bonds is 6. The van der Waals surface area contributed by atoms with Crippen LogP contribution >= 0.6 is 11.6 Å². The van der Waals surface area contributed by atoms with Crippen LogP contribution in [-0.2, 0) is 16.0 Å². The van der Waals surface area contributed by atoms with Crippen LogP contribution in [0.15, 0.2) is 36.9 Å². The highest BCUT2D eigenvalue weighted by molar-refractivity contribution is 6.30. The fourth-order valence-corrected chi connectivity index (χ4v) is 1.76. The molecular weight excluding hydrogens is 236 g/mol. The molecule has 1 aromatic carbocycles. The molecule has 0 N–H and O–H groups in total. The minimum absolute atomic E-state index is 0.159. The number of carbonyl (C=O) groups excluding carboxylic acids is 1. The molecule has 0 aromatic heterocycles. The number of halogens is 1. The highest BCUT2D eigenvalue weighted by atomic mass is 35.5. The summed E-state index contributed by atoms with van der Waals surface area (Å²) in [6.07, 6.45) is 3.03. The lowest BCUT2D eigenvalue weighted by molar-refractivity contribution is -0.147. The fraction of sp³-hybridized carbons (Fsp3) is 0.357. The Kier molecular flexibility index (Phi) is 5.78. The van der Waals surface area contributed by atoms with Crippen LogP contribution in [0.2, 0.25) is 5.02 Å². The van der Waals surface area contributed by atoms with Crippen molar-refractivity contribution in [3.63, 3.8) is 0 Å². The fourth-order valence-electron chi connectivity index (χ4n) is 1.63. The van der Waals surface area contributed by atoms with Gasteiger partial charge in [-0.1, -0.05) is 29.8 Å². The van der Waals surface area contributed by atoms with Gasteiger partial charge in [0.2, 0.25) is 0 Å². The van der Waals surface area contributed by atoms with E-state index in [1.807, 2.05) is 31.2 Å². The topological polar surface area (TPSA) is 26.3 Å². The first-order valence-corrected chi connectivity index (χ1v) is 6.07. The van der Waals surface area contributed by atoms with Crippen LogP contribution in [0.1, 0.15) is 18.9 Å². The van der Waals surface area contributed by atoms with Crippen molar-refractivity contribution in [3.05, 3.63) is 47.5 Å². The third-order valence-corrected chi connectivity index (χ3v) is 2.72. The molecule has 0 radical (unpaired) electrons. The first-order valence-electron chi connectivity index (χ1n) is 5.69. The van der Waals surface area contributed by atoms with Crippen molar-refractivity contribution in [2.45, 2.75) is 19.8 Å². The summed E-state index contributed by atoms with van der Waals surface area (Å²) in [5.41, 5.74) is 1.08. The smallest absolute Gasteiger partial charge is 0.309 e. The van der Waals surface area contributed by atoms with E-state index in [1.165, 1.54) is 0 Å². The second-order valence-electron chi connectivity index (χ2n) is 3.80. The summed E-state index contributed by atoms with van der Waals surface area (Å²) in [7, 11) is 0. The lowest BCUT2D eigenvalue weighted by Gasteiger charge is -2.13. The summed E-state index contributed by atoms with van der Waals surface area (Å²) < 4.78 is 5.04. The number of allylic oxidation sites excluding steroid dienone is 1. The Labute approximate surface area is 107 Å². The number of hydrogen-bond acceptors (Lipinski definition) is 2. The number of benzene rings is 1. The monoisotopic (exact) mass is 252 g/mol. The summed E-state index contributed by atoms with van der Waals surface area (Å²) in [5.74, 6) is -0.323. The van der Waals surface area contributed by atoms with Crippen LogP contribution in [0, 0.1) is 5.92 Å². The van der Waals surface area contributed by atoms with Crippen molar-refractivity contribution in [3.8, 4) is 0 Å². The Balaban J connectivity index is 2.68. The van der Waals surface area contributed by atoms with Gasteiger partial charge in [-0.15, -0.1) is 6.58 Å². The highest BCUT2D eigenvalue weighted by Crippen LogP contribution is 2.17. The van der Waals surface area contributed by atoms with Crippen LogP contribution in [0.25, 0.3) is 0 Å². The van der Waals surface area contributed by atoms with Crippen LogP contribution in [0.4, 0.5) is 0 Å². The number of ether oxygens (including phenoxy) is 1. The summed E-state index contributed by atoms with van der Waals surface area (Å²) in [4.78, 5) is 11.7. The van der Waals surface area contributed by atoms with Crippen molar-refractivity contribution in [2.24, 2.45) is 5.92 Å². The summed E-state index contributed by atoms with van der Waals surface area (Å²) in [5, 5.41) is 0.699. The first-order chi connectivity index (χ1) is 8.17. The van der Waals surface area contributed by atoms with Crippen molar-refractivity contribution < 1.29 is 9.53 Å². The molecule has 2 nitrogen and oxygen atoms in total. The minimum atomic E-state index is -0.164. The molecule has 0 aliphatic carbocycles. The molecule has 1 aromatic rings. The molecule has 0 fully saturated rings. The largest absolute Gasteiger partial charge is 0.466 e. The van der Waals surface area contributed by atoms with Gasteiger partial charge in [0.15, 0.2) is 0 Å². The summed E-state index contributed by atoms with van der Waals surface area (Å²) in [6.45, 7) is 5.89. The van der Waals surface area contributed by atoms with E-state index in [0.717, 1.165) is 5.56 Å². The van der Waals surface area contributed by atoms with E-state index in [-0.39, 0.29) is 11.9 Å². The van der Waals surface area contributed by atoms with Gasteiger partial charge in [-0.25, -0.2) is 0 Å². The molecule has 0 bridgehead atoms. The number of carbonyl (C=O) groups is 1. The molecule has 0 spiro atoms. The van der Waals surface area contributed by atoms with E-state index in [0.29, 0.717) is 24.5 Å². The van der Waals surface area contributed by atoms with E-state index >= 15 is 0 Å². The van der Waals surface area contributed by atoms with E-state index < -0.39 is 0 Å². The van der Waals surface area contributed by atoms with Gasteiger partial charge in [0.05, 0.1) is 12.5 Å². The minimum Gasteiger partial charge on any atom is -0.466 e. The van der Waals surface area contributed by atoms with Gasteiger partial charge in [-0.3, -0.25) is 4.79 Å². The van der Waals surface area contributed by atoms with Gasteiger partial charge >= 0.3 is 5.97 Å². The SMILES string of the molecule is C=CCC(Cc1ccc(Cl)cc1)C(=O)OCC. The molecule has 0 saturated carbocycles. The molecule has 0 amide bonds. The predicted octanol–water partition coefficient (Wildman–Crippen LogP) is 3.64. The van der Waals surface area contributed by atoms with E-state index in [4.69, 9.17) is 16.3 Å². The maximum Gasteiger partial charge on any atom is 0.309 e. The third kappa shape index (κ3) is 4.61. The molecule has 0 aliphatic heterocycles. The molecule has 1 unspecified atom stereocenters. The normalized spacial score (nSPS) is 11.9. The third-order valence-electron chi connectivity index (χ3n) is 2.47. The quantitative estimate of drug-likeness (QED) is 0.571. The Morgan fingerprint density at radius 2 is 2.12 bits per heavy atom. The van der Waals surface area contributed by atoms with Gasteiger partial charge in [-0.05, 0) is 37.5 Å². The molecule has 0 aliphatic rings. The van der Waals surface area contributed by atoms with Gasteiger partial charge in [-0.2, -0.15) is 0 Å². The second-order valence-corrected chi connectivity index (χ2v) is 4.24. The van der Waals surface area contributed by atoms with Crippen molar-refractivity contribution in [1.82, 2.24) is 0 Å². The Morgan fingerprint density at radius 1 is 1.47 bits per heavy atom. The maximum absolute atomic E-state index is 11.7. The molecular formula is C14H17ClO2. The second kappa shape index (κ2) is 7.13. The van der Waals surface area contributed by atoms with Crippen LogP contribution in [0.3, 0.4) is 0 Å². The van der Waals surface area contributed by atoms with Gasteiger partial charge in [0.25, 0.3) is 0 Å².